The van der Waals surface area contributed by atoms with Crippen molar-refractivity contribution in [1.82, 2.24) is 4.90 Å². The predicted octanol–water partition coefficient (Wildman–Crippen LogP) is 8.48. The van der Waals surface area contributed by atoms with Gasteiger partial charge in [0.15, 0.2) is 29.9 Å². The van der Waals surface area contributed by atoms with Gasteiger partial charge in [-0.25, -0.2) is 9.59 Å². The standard InChI is InChI=1S/C41H41Cl2F2N3O7/c1-47-29-13-14-30(47)19-31(18-29)53-40(50)38(25-6-3-2-4-7-25)46-28-9-5-8-27(16-28)39(49)54-36(20-32-33(42)21-48(51)22-34(32)43)26-12-15-35(55-41(44)45)37(17-26)52-23-24-10-11-24/h2-9,12,15-17,21-22,24,29-31,36,38,41,46H,10-11,13-14,18-20,23H2,1H3/t29?,30?,31?,36-,38?/m0/s1. The number of anilines is 1. The molecule has 0 spiro atoms. The fourth-order valence-corrected chi connectivity index (χ4v) is 7.97. The summed E-state index contributed by atoms with van der Waals surface area (Å²) in [5.41, 5.74) is 2.05. The van der Waals surface area contributed by atoms with E-state index in [-0.39, 0.29) is 39.6 Å². The minimum absolute atomic E-state index is 0.0457. The number of rotatable bonds is 15. The Kier molecular flexibility index (Phi) is 11.9. The number of alkyl halides is 2. The van der Waals surface area contributed by atoms with Crippen LogP contribution in [0.2, 0.25) is 10.0 Å². The molecule has 10 nitrogen and oxygen atoms in total. The van der Waals surface area contributed by atoms with E-state index in [0.29, 0.717) is 51.7 Å². The highest BCUT2D eigenvalue weighted by molar-refractivity contribution is 6.35. The molecule has 4 atom stereocenters. The van der Waals surface area contributed by atoms with Crippen LogP contribution in [-0.2, 0) is 20.7 Å². The maximum Gasteiger partial charge on any atom is 0.387 e. The third-order valence-corrected chi connectivity index (χ3v) is 11.2. The average Bonchev–Trinajstić information content (AvgIpc) is 3.97. The quantitative estimate of drug-likeness (QED) is 0.0719. The number of ether oxygens (including phenoxy) is 4. The lowest BCUT2D eigenvalue weighted by Gasteiger charge is -2.36. The number of carbonyl (C=O) groups is 2. The molecule has 3 aromatic carbocycles. The molecule has 3 heterocycles. The van der Waals surface area contributed by atoms with E-state index in [0.717, 1.165) is 50.9 Å². The van der Waals surface area contributed by atoms with Crippen LogP contribution in [0.3, 0.4) is 0 Å². The molecule has 1 aliphatic carbocycles. The summed E-state index contributed by atoms with van der Waals surface area (Å²) in [5, 5.41) is 15.4. The molecular weight excluding hydrogens is 755 g/mol. The number of carbonyl (C=O) groups excluding carboxylic acids is 2. The second-order valence-corrected chi connectivity index (χ2v) is 15.2. The number of benzene rings is 3. The zero-order valence-electron chi connectivity index (χ0n) is 30.0. The molecule has 0 amide bonds. The van der Waals surface area contributed by atoms with Crippen molar-refractivity contribution < 1.29 is 42.0 Å². The van der Waals surface area contributed by atoms with Gasteiger partial charge in [0.1, 0.15) is 22.3 Å². The topological polar surface area (TPSA) is 113 Å². The molecule has 2 aliphatic heterocycles. The lowest BCUT2D eigenvalue weighted by Crippen LogP contribution is -2.44. The number of hydrogen-bond acceptors (Lipinski definition) is 9. The first-order valence-corrected chi connectivity index (χ1v) is 19.1. The minimum Gasteiger partial charge on any atom is -0.619 e. The van der Waals surface area contributed by atoms with Crippen molar-refractivity contribution in [3.05, 3.63) is 123 Å². The smallest absolute Gasteiger partial charge is 0.387 e. The highest BCUT2D eigenvalue weighted by atomic mass is 35.5. The second-order valence-electron chi connectivity index (χ2n) is 14.4. The molecule has 3 fully saturated rings. The lowest BCUT2D eigenvalue weighted by atomic mass is 10.00. The van der Waals surface area contributed by atoms with Crippen molar-refractivity contribution in [3.8, 4) is 11.5 Å². The molecule has 3 unspecified atom stereocenters. The highest BCUT2D eigenvalue weighted by Gasteiger charge is 2.40. The Morgan fingerprint density at radius 1 is 0.909 bits per heavy atom. The van der Waals surface area contributed by atoms with E-state index in [9.17, 15) is 23.6 Å². The van der Waals surface area contributed by atoms with Crippen LogP contribution in [0.1, 0.15) is 77.7 Å². The molecular formula is C41H41Cl2F2N3O7. The van der Waals surface area contributed by atoms with Crippen LogP contribution in [-0.4, -0.2) is 55.3 Å². The van der Waals surface area contributed by atoms with Gasteiger partial charge in [0.2, 0.25) is 0 Å². The van der Waals surface area contributed by atoms with Crippen molar-refractivity contribution in [3.63, 3.8) is 0 Å². The number of esters is 2. The molecule has 4 aromatic rings. The van der Waals surface area contributed by atoms with E-state index in [1.165, 1.54) is 18.2 Å². The normalized spacial score (nSPS) is 20.4. The summed E-state index contributed by atoms with van der Waals surface area (Å²) >= 11 is 12.9. The van der Waals surface area contributed by atoms with Crippen molar-refractivity contribution in [2.75, 3.05) is 19.0 Å². The summed E-state index contributed by atoms with van der Waals surface area (Å²) in [5.74, 6) is -0.939. The van der Waals surface area contributed by atoms with Crippen LogP contribution >= 0.6 is 23.2 Å². The van der Waals surface area contributed by atoms with Gasteiger partial charge in [-0.2, -0.15) is 13.5 Å². The molecule has 2 bridgehead atoms. The van der Waals surface area contributed by atoms with Gasteiger partial charge in [0.25, 0.3) is 0 Å². The van der Waals surface area contributed by atoms with Crippen LogP contribution in [0, 0.1) is 11.1 Å². The van der Waals surface area contributed by atoms with Crippen molar-refractivity contribution in [2.24, 2.45) is 5.92 Å². The van der Waals surface area contributed by atoms with Crippen LogP contribution in [0.4, 0.5) is 14.5 Å². The fourth-order valence-electron chi connectivity index (χ4n) is 7.38. The van der Waals surface area contributed by atoms with E-state index in [1.807, 2.05) is 30.3 Å². The Morgan fingerprint density at radius 2 is 1.62 bits per heavy atom. The number of fused-ring (bicyclic) bond motifs is 2. The molecule has 3 aliphatic rings. The van der Waals surface area contributed by atoms with Gasteiger partial charge < -0.3 is 34.4 Å². The van der Waals surface area contributed by atoms with Crippen LogP contribution < -0.4 is 19.5 Å². The predicted molar refractivity (Wildman–Crippen MR) is 202 cm³/mol. The van der Waals surface area contributed by atoms with E-state index >= 15 is 0 Å². The lowest BCUT2D eigenvalue weighted by molar-refractivity contribution is -0.605. The average molecular weight is 797 g/mol. The van der Waals surface area contributed by atoms with Gasteiger partial charge in [0.05, 0.1) is 12.2 Å². The summed E-state index contributed by atoms with van der Waals surface area (Å²) in [6.07, 6.45) is 6.64. The first-order chi connectivity index (χ1) is 26.5. The molecule has 1 N–H and O–H groups in total. The molecule has 2 saturated heterocycles. The Labute approximate surface area is 327 Å². The maximum absolute atomic E-state index is 13.9. The van der Waals surface area contributed by atoms with Crippen molar-refractivity contribution in [1.29, 1.82) is 0 Å². The van der Waals surface area contributed by atoms with Gasteiger partial charge in [0, 0.05) is 29.8 Å². The third-order valence-electron chi connectivity index (χ3n) is 10.5. The zero-order valence-corrected chi connectivity index (χ0v) is 31.6. The van der Waals surface area contributed by atoms with Gasteiger partial charge in [-0.1, -0.05) is 65.7 Å². The van der Waals surface area contributed by atoms with Gasteiger partial charge in [-0.05, 0) is 92.9 Å². The molecule has 7 rings (SSSR count). The first kappa shape index (κ1) is 38.6. The zero-order chi connectivity index (χ0) is 38.6. The Bertz CT molecular complexity index is 1970. The monoisotopic (exact) mass is 795 g/mol. The van der Waals surface area contributed by atoms with Crippen LogP contribution in [0.15, 0.2) is 85.2 Å². The second kappa shape index (κ2) is 17.0. The van der Waals surface area contributed by atoms with Gasteiger partial charge in [-0.3, -0.25) is 0 Å². The molecule has 1 saturated carbocycles. The maximum atomic E-state index is 13.9. The Balaban J connectivity index is 1.14. The van der Waals surface area contributed by atoms with Crippen LogP contribution in [0.5, 0.6) is 11.5 Å². The fraction of sp³-hybridized carbons (Fsp3) is 0.390. The summed E-state index contributed by atoms with van der Waals surface area (Å²) in [6, 6.07) is 20.0. The van der Waals surface area contributed by atoms with Gasteiger partial charge >= 0.3 is 18.6 Å². The Hall–Kier alpha value is -4.65. The number of piperidine rings is 1. The van der Waals surface area contributed by atoms with E-state index < -0.39 is 30.7 Å². The number of aromatic nitrogens is 1. The number of pyridine rings is 1. The van der Waals surface area contributed by atoms with Crippen LogP contribution in [0.25, 0.3) is 0 Å². The summed E-state index contributed by atoms with van der Waals surface area (Å²) < 4.78 is 49.9. The number of nitrogens with zero attached hydrogens (tertiary/aromatic N) is 2. The number of hydrogen-bond donors (Lipinski definition) is 1. The number of halogens is 4. The molecule has 14 heteroatoms. The van der Waals surface area contributed by atoms with Crippen molar-refractivity contribution >= 4 is 40.8 Å². The Morgan fingerprint density at radius 3 is 2.29 bits per heavy atom. The minimum atomic E-state index is -3.09. The molecule has 290 valence electrons. The highest BCUT2D eigenvalue weighted by Crippen LogP contribution is 2.39. The number of nitrogens with one attached hydrogen (secondary N) is 1. The molecule has 55 heavy (non-hydrogen) atoms. The summed E-state index contributed by atoms with van der Waals surface area (Å²) in [6.45, 7) is -2.78. The molecule has 0 radical (unpaired) electrons. The first-order valence-electron chi connectivity index (χ1n) is 18.3. The molecule has 1 aromatic heterocycles. The van der Waals surface area contributed by atoms with E-state index in [2.05, 4.69) is 17.3 Å². The summed E-state index contributed by atoms with van der Waals surface area (Å²) in [4.78, 5) is 30.1. The van der Waals surface area contributed by atoms with E-state index in [4.69, 9.17) is 42.1 Å². The third kappa shape index (κ3) is 9.60. The summed E-state index contributed by atoms with van der Waals surface area (Å²) in [7, 11) is 2.13. The van der Waals surface area contributed by atoms with E-state index in [1.54, 1.807) is 24.3 Å². The largest absolute Gasteiger partial charge is 0.619 e. The van der Waals surface area contributed by atoms with Gasteiger partial charge in [-0.15, -0.1) is 0 Å². The van der Waals surface area contributed by atoms with Crippen molar-refractivity contribution in [2.45, 2.75) is 81.9 Å². The SMILES string of the molecule is CN1C2CCC1CC(OC(=O)C(Nc1cccc(C(=O)O[C@@H](Cc3c(Cl)c[n+]([O-])cc3Cl)c3ccc(OC(F)F)c(OCC4CC4)c3)c1)c1ccccc1)C2.